The smallest absolute Gasteiger partial charge is 0.329 e. The van der Waals surface area contributed by atoms with Crippen LogP contribution in [0.15, 0.2) is 0 Å². The molecule has 2 atom stereocenters. The van der Waals surface area contributed by atoms with Gasteiger partial charge in [-0.05, 0) is 31.7 Å². The molecule has 1 amide bonds. The largest absolute Gasteiger partial charge is 0.464 e. The molecule has 0 bridgehead atoms. The number of ether oxygens (including phenoxy) is 1. The van der Waals surface area contributed by atoms with Gasteiger partial charge in [-0.25, -0.2) is 4.79 Å². The monoisotopic (exact) mass is 296 g/mol. The molecule has 0 saturated carbocycles. The molecule has 1 N–H and O–H groups in total. The zero-order valence-corrected chi connectivity index (χ0v) is 13.5. The van der Waals surface area contributed by atoms with Crippen LogP contribution in [0, 0.1) is 11.3 Å². The molecule has 5 heteroatoms. The second kappa shape index (κ2) is 6.77. The van der Waals surface area contributed by atoms with Crippen LogP contribution in [0.3, 0.4) is 0 Å². The van der Waals surface area contributed by atoms with Crippen molar-refractivity contribution in [3.05, 3.63) is 0 Å². The molecule has 0 aromatic carbocycles. The summed E-state index contributed by atoms with van der Waals surface area (Å²) in [4.78, 5) is 26.9. The van der Waals surface area contributed by atoms with Crippen LogP contribution in [-0.4, -0.2) is 49.1 Å². The Kier molecular flexibility index (Phi) is 5.25. The first-order chi connectivity index (χ1) is 10.0. The van der Waals surface area contributed by atoms with Crippen molar-refractivity contribution in [3.63, 3.8) is 0 Å². The average Bonchev–Trinajstić information content (AvgIpc) is 3.02. The van der Waals surface area contributed by atoms with Crippen molar-refractivity contribution < 1.29 is 14.3 Å². The van der Waals surface area contributed by atoms with Crippen molar-refractivity contribution in [2.75, 3.05) is 26.2 Å². The van der Waals surface area contributed by atoms with Gasteiger partial charge in [0.1, 0.15) is 6.04 Å². The Labute approximate surface area is 127 Å². The van der Waals surface area contributed by atoms with E-state index >= 15 is 0 Å². The molecule has 0 radical (unpaired) electrons. The summed E-state index contributed by atoms with van der Waals surface area (Å²) in [6.45, 7) is 8.80. The van der Waals surface area contributed by atoms with Gasteiger partial charge in [0.2, 0.25) is 5.91 Å². The number of amides is 1. The fourth-order valence-corrected chi connectivity index (χ4v) is 3.41. The Hall–Kier alpha value is -1.10. The van der Waals surface area contributed by atoms with E-state index in [1.807, 2.05) is 13.8 Å². The molecule has 5 nitrogen and oxygen atoms in total. The number of likely N-dealkylation sites (tertiary alicyclic amines) is 1. The highest BCUT2D eigenvalue weighted by Crippen LogP contribution is 2.39. The standard InChI is InChI=1S/C16H28N2O3/c1-4-5-10-21-14(19)13(12(2)3)18-9-7-16(15(18)20)6-8-17-11-16/h12-13,17H,4-11H2,1-3H3/t13-,16-/m0/s1. The summed E-state index contributed by atoms with van der Waals surface area (Å²) in [6.07, 6.45) is 3.61. The second-order valence-corrected chi connectivity index (χ2v) is 6.67. The van der Waals surface area contributed by atoms with E-state index in [2.05, 4.69) is 12.2 Å². The predicted molar refractivity (Wildman–Crippen MR) is 80.7 cm³/mol. The number of rotatable bonds is 6. The van der Waals surface area contributed by atoms with Crippen molar-refractivity contribution in [1.82, 2.24) is 10.2 Å². The molecule has 0 aliphatic carbocycles. The Bertz CT molecular complexity index is 389. The quantitative estimate of drug-likeness (QED) is 0.597. The summed E-state index contributed by atoms with van der Waals surface area (Å²) in [6, 6.07) is -0.436. The number of hydrogen-bond donors (Lipinski definition) is 1. The van der Waals surface area contributed by atoms with Gasteiger partial charge in [0.25, 0.3) is 0 Å². The maximum Gasteiger partial charge on any atom is 0.329 e. The first-order valence-electron chi connectivity index (χ1n) is 8.20. The lowest BCUT2D eigenvalue weighted by molar-refractivity contribution is -0.157. The van der Waals surface area contributed by atoms with E-state index in [1.165, 1.54) is 0 Å². The second-order valence-electron chi connectivity index (χ2n) is 6.67. The Balaban J connectivity index is 2.05. The number of carbonyl (C=O) groups is 2. The van der Waals surface area contributed by atoms with Gasteiger partial charge in [-0.2, -0.15) is 0 Å². The molecule has 0 unspecified atom stereocenters. The van der Waals surface area contributed by atoms with Crippen LogP contribution in [0.25, 0.3) is 0 Å². The van der Waals surface area contributed by atoms with Gasteiger partial charge < -0.3 is 15.0 Å². The highest BCUT2D eigenvalue weighted by Gasteiger charge is 2.51. The van der Waals surface area contributed by atoms with Crippen molar-refractivity contribution in [3.8, 4) is 0 Å². The third-order valence-corrected chi connectivity index (χ3v) is 4.74. The summed E-state index contributed by atoms with van der Waals surface area (Å²) in [5.74, 6) is -0.0268. The van der Waals surface area contributed by atoms with Crippen molar-refractivity contribution in [2.24, 2.45) is 11.3 Å². The topological polar surface area (TPSA) is 58.6 Å². The number of hydrogen-bond acceptors (Lipinski definition) is 4. The minimum atomic E-state index is -0.436. The van der Waals surface area contributed by atoms with Crippen molar-refractivity contribution >= 4 is 11.9 Å². The van der Waals surface area contributed by atoms with E-state index in [1.54, 1.807) is 4.90 Å². The maximum absolute atomic E-state index is 12.8. The number of esters is 1. The molecule has 0 aromatic rings. The van der Waals surface area contributed by atoms with Crippen molar-refractivity contribution in [1.29, 1.82) is 0 Å². The van der Waals surface area contributed by atoms with Gasteiger partial charge in [0, 0.05) is 13.1 Å². The average molecular weight is 296 g/mol. The minimum absolute atomic E-state index is 0.0765. The molecule has 120 valence electrons. The number of carbonyl (C=O) groups excluding carboxylic acids is 2. The highest BCUT2D eigenvalue weighted by molar-refractivity contribution is 5.90. The molecule has 2 aliphatic heterocycles. The summed E-state index contributed by atoms with van der Waals surface area (Å²) in [5, 5.41) is 3.28. The molecule has 2 aliphatic rings. The molecule has 0 aromatic heterocycles. The zero-order valence-electron chi connectivity index (χ0n) is 13.5. The third kappa shape index (κ3) is 3.23. The van der Waals surface area contributed by atoms with Gasteiger partial charge in [0.15, 0.2) is 0 Å². The molecule has 2 rings (SSSR count). The maximum atomic E-state index is 12.8. The fourth-order valence-electron chi connectivity index (χ4n) is 3.41. The molecule has 2 heterocycles. The molecule has 2 fully saturated rings. The SMILES string of the molecule is CCCCOC(=O)[C@H](C(C)C)N1CC[C@]2(CCNC2)C1=O. The molecular formula is C16H28N2O3. The Morgan fingerprint density at radius 3 is 2.76 bits per heavy atom. The van der Waals surface area contributed by atoms with Gasteiger partial charge in [-0.15, -0.1) is 0 Å². The summed E-state index contributed by atoms with van der Waals surface area (Å²) in [7, 11) is 0. The van der Waals surface area contributed by atoms with Gasteiger partial charge >= 0.3 is 5.97 Å². The van der Waals surface area contributed by atoms with Crippen LogP contribution in [0.4, 0.5) is 0 Å². The summed E-state index contributed by atoms with van der Waals surface area (Å²) < 4.78 is 5.37. The number of nitrogens with one attached hydrogen (secondary N) is 1. The lowest BCUT2D eigenvalue weighted by Crippen LogP contribution is -2.49. The van der Waals surface area contributed by atoms with E-state index in [0.29, 0.717) is 13.2 Å². The Morgan fingerprint density at radius 1 is 1.43 bits per heavy atom. The van der Waals surface area contributed by atoms with Crippen LogP contribution < -0.4 is 5.32 Å². The zero-order chi connectivity index (χ0) is 15.5. The van der Waals surface area contributed by atoms with Crippen LogP contribution in [0.5, 0.6) is 0 Å². The normalized spacial score (nSPS) is 26.9. The van der Waals surface area contributed by atoms with Gasteiger partial charge in [0.05, 0.1) is 12.0 Å². The number of nitrogens with zero attached hydrogens (tertiary/aromatic N) is 1. The van der Waals surface area contributed by atoms with Crippen molar-refractivity contribution in [2.45, 2.75) is 52.5 Å². The minimum Gasteiger partial charge on any atom is -0.464 e. The van der Waals surface area contributed by atoms with E-state index in [9.17, 15) is 9.59 Å². The van der Waals surface area contributed by atoms with Crippen LogP contribution in [0.1, 0.15) is 46.5 Å². The molecular weight excluding hydrogens is 268 g/mol. The van der Waals surface area contributed by atoms with Crippen LogP contribution in [0.2, 0.25) is 0 Å². The Morgan fingerprint density at radius 2 is 2.19 bits per heavy atom. The first-order valence-corrected chi connectivity index (χ1v) is 8.20. The van der Waals surface area contributed by atoms with E-state index < -0.39 is 6.04 Å². The molecule has 1 spiro atoms. The molecule has 21 heavy (non-hydrogen) atoms. The fraction of sp³-hybridized carbons (Fsp3) is 0.875. The predicted octanol–water partition coefficient (Wildman–Crippen LogP) is 1.57. The third-order valence-electron chi connectivity index (χ3n) is 4.74. The lowest BCUT2D eigenvalue weighted by Gasteiger charge is -2.31. The van der Waals surface area contributed by atoms with Gasteiger partial charge in [-0.1, -0.05) is 27.2 Å². The van der Waals surface area contributed by atoms with Crippen LogP contribution >= 0.6 is 0 Å². The highest BCUT2D eigenvalue weighted by atomic mass is 16.5. The van der Waals surface area contributed by atoms with Gasteiger partial charge in [-0.3, -0.25) is 4.79 Å². The van der Waals surface area contributed by atoms with E-state index in [4.69, 9.17) is 4.74 Å². The summed E-state index contributed by atoms with van der Waals surface area (Å²) >= 11 is 0. The lowest BCUT2D eigenvalue weighted by atomic mass is 9.85. The van der Waals surface area contributed by atoms with E-state index in [-0.39, 0.29) is 23.2 Å². The number of unbranched alkanes of at least 4 members (excludes halogenated alkanes) is 1. The van der Waals surface area contributed by atoms with Crippen LogP contribution in [-0.2, 0) is 14.3 Å². The van der Waals surface area contributed by atoms with E-state index in [0.717, 1.165) is 38.8 Å². The summed E-state index contributed by atoms with van der Waals surface area (Å²) in [5.41, 5.74) is -0.267. The molecule has 2 saturated heterocycles. The first kappa shape index (κ1) is 16.3.